The second-order valence-corrected chi connectivity index (χ2v) is 9.69. The van der Waals surface area contributed by atoms with E-state index in [1.165, 1.54) is 17.0 Å². The maximum atomic E-state index is 14.8. The number of hydrogen-bond acceptors (Lipinski definition) is 3. The largest absolute Gasteiger partial charge is 0.456 e. The summed E-state index contributed by atoms with van der Waals surface area (Å²) in [5.41, 5.74) is -1.90. The standard InChI is InChI=1S/C29H20Cl2F7NO2/c30-23-5-2-6-26(27(23)31)41-22-4-1-3-21(14-22)39(15-18-13-20(29(36,37)38)11-12-24(18)32)25(16-40)17-7-9-19(10-8-17)28(33,34)35/h1-14,25,40H,15-16H2. The van der Waals surface area contributed by atoms with E-state index in [0.29, 0.717) is 18.2 Å². The highest BCUT2D eigenvalue weighted by Crippen LogP contribution is 2.38. The lowest BCUT2D eigenvalue weighted by atomic mass is 10.0. The fourth-order valence-electron chi connectivity index (χ4n) is 4.13. The van der Waals surface area contributed by atoms with Gasteiger partial charge in [-0.25, -0.2) is 4.39 Å². The van der Waals surface area contributed by atoms with Crippen molar-refractivity contribution in [3.63, 3.8) is 0 Å². The molecule has 1 unspecified atom stereocenters. The van der Waals surface area contributed by atoms with Gasteiger partial charge in [0, 0.05) is 23.9 Å². The molecule has 4 aromatic carbocycles. The van der Waals surface area contributed by atoms with E-state index in [-0.39, 0.29) is 38.4 Å². The predicted molar refractivity (Wildman–Crippen MR) is 142 cm³/mol. The number of rotatable bonds is 8. The van der Waals surface area contributed by atoms with Gasteiger partial charge >= 0.3 is 12.4 Å². The number of nitrogens with zero attached hydrogens (tertiary/aromatic N) is 1. The van der Waals surface area contributed by atoms with Crippen LogP contribution >= 0.6 is 23.2 Å². The Morgan fingerprint density at radius 2 is 1.41 bits per heavy atom. The second kappa shape index (κ2) is 12.2. The first-order valence-corrected chi connectivity index (χ1v) is 12.7. The zero-order chi connectivity index (χ0) is 29.9. The van der Waals surface area contributed by atoms with Gasteiger partial charge < -0.3 is 14.7 Å². The molecule has 4 aromatic rings. The van der Waals surface area contributed by atoms with Gasteiger partial charge in [-0.05, 0) is 60.2 Å². The van der Waals surface area contributed by atoms with Crippen LogP contribution in [0.2, 0.25) is 10.0 Å². The van der Waals surface area contributed by atoms with Crippen LogP contribution in [-0.2, 0) is 18.9 Å². The molecule has 1 N–H and O–H groups in total. The predicted octanol–water partition coefficient (Wildman–Crippen LogP) is 9.70. The first-order valence-electron chi connectivity index (χ1n) is 11.9. The quantitative estimate of drug-likeness (QED) is 0.200. The zero-order valence-corrected chi connectivity index (χ0v) is 22.3. The maximum Gasteiger partial charge on any atom is 0.416 e. The Hall–Kier alpha value is -3.47. The Labute approximate surface area is 240 Å². The number of aliphatic hydroxyl groups is 1. The molecule has 3 nitrogen and oxygen atoms in total. The summed E-state index contributed by atoms with van der Waals surface area (Å²) in [5.74, 6) is -0.524. The van der Waals surface area contributed by atoms with Gasteiger partial charge in [-0.2, -0.15) is 26.3 Å². The summed E-state index contributed by atoms with van der Waals surface area (Å²) >= 11 is 12.3. The topological polar surface area (TPSA) is 32.7 Å². The molecule has 0 aliphatic carbocycles. The van der Waals surface area contributed by atoms with Crippen molar-refractivity contribution in [2.45, 2.75) is 24.9 Å². The summed E-state index contributed by atoms with van der Waals surface area (Å²) in [4.78, 5) is 1.37. The smallest absolute Gasteiger partial charge is 0.416 e. The molecule has 0 aromatic heterocycles. The molecule has 0 fully saturated rings. The van der Waals surface area contributed by atoms with Crippen LogP contribution in [0.25, 0.3) is 0 Å². The van der Waals surface area contributed by atoms with E-state index in [1.807, 2.05) is 0 Å². The molecule has 0 aliphatic rings. The SMILES string of the molecule is OCC(c1ccc(C(F)(F)F)cc1)N(Cc1cc(C(F)(F)F)ccc1F)c1cccc(Oc2cccc(Cl)c2Cl)c1. The highest BCUT2D eigenvalue weighted by Gasteiger charge is 2.33. The first-order chi connectivity index (χ1) is 19.3. The molecule has 0 spiro atoms. The van der Waals surface area contributed by atoms with Crippen LogP contribution in [0.4, 0.5) is 36.4 Å². The lowest BCUT2D eigenvalue weighted by Crippen LogP contribution is -2.31. The molecule has 1 atom stereocenters. The van der Waals surface area contributed by atoms with Gasteiger partial charge in [0.2, 0.25) is 0 Å². The molecule has 0 saturated carbocycles. The third-order valence-corrected chi connectivity index (χ3v) is 6.98. The van der Waals surface area contributed by atoms with E-state index in [9.17, 15) is 35.8 Å². The number of aliphatic hydroxyl groups excluding tert-OH is 1. The monoisotopic (exact) mass is 617 g/mol. The van der Waals surface area contributed by atoms with E-state index in [1.54, 1.807) is 30.3 Å². The lowest BCUT2D eigenvalue weighted by molar-refractivity contribution is -0.138. The third-order valence-electron chi connectivity index (χ3n) is 6.18. The lowest BCUT2D eigenvalue weighted by Gasteiger charge is -2.34. The van der Waals surface area contributed by atoms with Crippen molar-refractivity contribution in [2.24, 2.45) is 0 Å². The fraction of sp³-hybridized carbons (Fsp3) is 0.172. The van der Waals surface area contributed by atoms with Crippen LogP contribution in [0.3, 0.4) is 0 Å². The molecular formula is C29H20Cl2F7NO2. The number of alkyl halides is 6. The zero-order valence-electron chi connectivity index (χ0n) is 20.8. The number of anilines is 1. The van der Waals surface area contributed by atoms with Crippen molar-refractivity contribution >= 4 is 28.9 Å². The van der Waals surface area contributed by atoms with Crippen LogP contribution in [-0.4, -0.2) is 11.7 Å². The molecule has 0 amide bonds. The van der Waals surface area contributed by atoms with Gasteiger partial charge in [0.25, 0.3) is 0 Å². The maximum absolute atomic E-state index is 14.8. The molecule has 12 heteroatoms. The van der Waals surface area contributed by atoms with Crippen molar-refractivity contribution < 1.29 is 40.6 Å². The van der Waals surface area contributed by atoms with Crippen molar-refractivity contribution in [3.05, 3.63) is 123 Å². The molecule has 0 heterocycles. The second-order valence-electron chi connectivity index (χ2n) is 8.90. The number of hydrogen-bond donors (Lipinski definition) is 1. The molecule has 0 saturated heterocycles. The Balaban J connectivity index is 1.79. The summed E-state index contributed by atoms with van der Waals surface area (Å²) < 4.78 is 100. The van der Waals surface area contributed by atoms with Crippen molar-refractivity contribution in [1.29, 1.82) is 0 Å². The van der Waals surface area contributed by atoms with Crippen LogP contribution in [0, 0.1) is 5.82 Å². The molecule has 0 bridgehead atoms. The molecule has 0 aliphatic heterocycles. The molecular weight excluding hydrogens is 598 g/mol. The van der Waals surface area contributed by atoms with E-state index in [0.717, 1.165) is 24.3 Å². The van der Waals surface area contributed by atoms with Gasteiger partial charge in [-0.3, -0.25) is 0 Å². The minimum Gasteiger partial charge on any atom is -0.456 e. The van der Waals surface area contributed by atoms with Crippen LogP contribution < -0.4 is 9.64 Å². The van der Waals surface area contributed by atoms with Crippen molar-refractivity contribution in [2.75, 3.05) is 11.5 Å². The first kappa shape index (κ1) is 30.5. The average molecular weight is 618 g/mol. The number of ether oxygens (including phenoxy) is 1. The fourth-order valence-corrected chi connectivity index (χ4v) is 4.46. The Bertz CT molecular complexity index is 1510. The summed E-state index contributed by atoms with van der Waals surface area (Å²) in [6.07, 6.45) is -9.36. The average Bonchev–Trinajstić information content (AvgIpc) is 2.91. The van der Waals surface area contributed by atoms with E-state index in [2.05, 4.69) is 0 Å². The minimum absolute atomic E-state index is 0.125. The van der Waals surface area contributed by atoms with Crippen LogP contribution in [0.5, 0.6) is 11.5 Å². The van der Waals surface area contributed by atoms with Gasteiger partial charge in [0.05, 0.1) is 28.8 Å². The molecule has 0 radical (unpaired) electrons. The Morgan fingerprint density at radius 1 is 0.780 bits per heavy atom. The van der Waals surface area contributed by atoms with Gasteiger partial charge in [0.1, 0.15) is 22.3 Å². The van der Waals surface area contributed by atoms with Crippen LogP contribution in [0.15, 0.2) is 84.9 Å². The van der Waals surface area contributed by atoms with Crippen molar-refractivity contribution in [1.82, 2.24) is 0 Å². The van der Waals surface area contributed by atoms with E-state index < -0.39 is 48.5 Å². The van der Waals surface area contributed by atoms with Crippen LogP contribution in [0.1, 0.15) is 28.3 Å². The highest BCUT2D eigenvalue weighted by atomic mass is 35.5. The molecule has 41 heavy (non-hydrogen) atoms. The summed E-state index contributed by atoms with van der Waals surface area (Å²) in [6.45, 7) is -1.15. The molecule has 4 rings (SSSR count). The highest BCUT2D eigenvalue weighted by molar-refractivity contribution is 6.42. The Kier molecular flexibility index (Phi) is 9.06. The summed E-state index contributed by atoms with van der Waals surface area (Å²) in [6, 6.07) is 15.6. The summed E-state index contributed by atoms with van der Waals surface area (Å²) in [5, 5.41) is 10.7. The number of halogens is 9. The van der Waals surface area contributed by atoms with Gasteiger partial charge in [0.15, 0.2) is 0 Å². The normalized spacial score (nSPS) is 12.7. The summed E-state index contributed by atoms with van der Waals surface area (Å²) in [7, 11) is 0. The van der Waals surface area contributed by atoms with Gasteiger partial charge in [-0.1, -0.05) is 47.5 Å². The minimum atomic E-state index is -4.75. The van der Waals surface area contributed by atoms with E-state index in [4.69, 9.17) is 27.9 Å². The van der Waals surface area contributed by atoms with Crippen molar-refractivity contribution in [3.8, 4) is 11.5 Å². The number of benzene rings is 4. The molecule has 216 valence electrons. The third kappa shape index (κ3) is 7.25. The van der Waals surface area contributed by atoms with E-state index >= 15 is 0 Å². The Morgan fingerprint density at radius 3 is 2.05 bits per heavy atom. The van der Waals surface area contributed by atoms with Gasteiger partial charge in [-0.15, -0.1) is 0 Å².